The molecule has 15 heavy (non-hydrogen) atoms. The highest BCUT2D eigenvalue weighted by Crippen LogP contribution is 2.33. The first-order chi connectivity index (χ1) is 6.40. The molecule has 0 aliphatic carbocycles. The summed E-state index contributed by atoms with van der Waals surface area (Å²) in [5.41, 5.74) is 0. The fourth-order valence-electron chi connectivity index (χ4n) is 2.88. The van der Waals surface area contributed by atoms with E-state index in [-0.39, 0.29) is 24.8 Å². The minimum absolute atomic E-state index is 0. The highest BCUT2D eigenvalue weighted by molar-refractivity contribution is 7.57. The SMILES string of the molecule is C1C[NH+]2CC[NH+]3CCN1CP(C2)C3.[Cl-].[Cl-]. The van der Waals surface area contributed by atoms with E-state index in [9.17, 15) is 0 Å². The molecule has 4 bridgehead atoms. The largest absolute Gasteiger partial charge is 1.00 e. The Bertz CT molecular complexity index is 163. The molecule has 0 radical (unpaired) electrons. The van der Waals surface area contributed by atoms with Crippen LogP contribution in [-0.2, 0) is 0 Å². The Hall–Kier alpha value is 0.890. The number of fused-ring (bicyclic) bond motifs is 3. The molecular weight excluding hydrogens is 252 g/mol. The van der Waals surface area contributed by atoms with Gasteiger partial charge in [-0.1, -0.05) is 0 Å². The van der Waals surface area contributed by atoms with Gasteiger partial charge in [-0.3, -0.25) is 4.90 Å². The molecule has 3 rings (SSSR count). The lowest BCUT2D eigenvalue weighted by Gasteiger charge is -2.15. The van der Waals surface area contributed by atoms with E-state index in [1.54, 1.807) is 0 Å². The lowest BCUT2D eigenvalue weighted by Crippen LogP contribution is -3.17. The van der Waals surface area contributed by atoms with E-state index in [1.807, 2.05) is 9.80 Å². The minimum atomic E-state index is 0. The third-order valence-electron chi connectivity index (χ3n) is 3.69. The van der Waals surface area contributed by atoms with E-state index in [1.165, 1.54) is 58.1 Å². The summed E-state index contributed by atoms with van der Waals surface area (Å²) < 4.78 is 0. The van der Waals surface area contributed by atoms with Gasteiger partial charge in [0.05, 0.1) is 13.1 Å². The number of quaternary nitrogens is 2. The van der Waals surface area contributed by atoms with Crippen molar-refractivity contribution >= 4 is 7.92 Å². The van der Waals surface area contributed by atoms with Crippen molar-refractivity contribution in [2.75, 3.05) is 58.1 Å². The van der Waals surface area contributed by atoms with Gasteiger partial charge in [0.25, 0.3) is 0 Å². The normalized spacial score (nSPS) is 43.2. The summed E-state index contributed by atoms with van der Waals surface area (Å²) in [6, 6.07) is 0. The molecular formula is C9H20Cl2N3P. The van der Waals surface area contributed by atoms with Gasteiger partial charge in [-0.25, -0.2) is 0 Å². The highest BCUT2D eigenvalue weighted by Gasteiger charge is 2.34. The standard InChI is InChI=1S/C9H18N3P.2ClH/c1-2-11-5-6-12-4-3-10(1)7-13(8-11)9-12;;/h1-9H2;2*1H. The average molecular weight is 272 g/mol. The molecule has 2 unspecified atom stereocenters. The van der Waals surface area contributed by atoms with Crippen LogP contribution in [0.1, 0.15) is 0 Å². The molecule has 3 nitrogen and oxygen atoms in total. The molecule has 90 valence electrons. The van der Waals surface area contributed by atoms with Gasteiger partial charge in [0.1, 0.15) is 25.7 Å². The Kier molecular flexibility index (Phi) is 5.58. The summed E-state index contributed by atoms with van der Waals surface area (Å²) in [5, 5.41) is 0. The summed E-state index contributed by atoms with van der Waals surface area (Å²) in [4.78, 5) is 6.55. The van der Waals surface area contributed by atoms with Gasteiger partial charge in [-0.05, 0) is 0 Å². The molecule has 0 aromatic heterocycles. The number of hydrogen-bond donors (Lipinski definition) is 2. The summed E-state index contributed by atoms with van der Waals surface area (Å²) in [5.74, 6) is 0. The van der Waals surface area contributed by atoms with Gasteiger partial charge in [-0.15, -0.1) is 0 Å². The van der Waals surface area contributed by atoms with Crippen LogP contribution in [0.25, 0.3) is 0 Å². The predicted octanol–water partition coefficient (Wildman–Crippen LogP) is -8.54. The maximum Gasteiger partial charge on any atom is 0.127 e. The summed E-state index contributed by atoms with van der Waals surface area (Å²) >= 11 is 0. The number of nitrogens with one attached hydrogen (secondary N) is 2. The van der Waals surface area contributed by atoms with Crippen molar-refractivity contribution in [3.63, 3.8) is 0 Å². The third-order valence-corrected chi connectivity index (χ3v) is 6.28. The van der Waals surface area contributed by atoms with Crippen LogP contribution in [0, 0.1) is 0 Å². The lowest BCUT2D eigenvalue weighted by molar-refractivity contribution is -0.935. The molecule has 3 aliphatic rings. The second-order valence-corrected chi connectivity index (χ2v) is 7.00. The molecule has 2 N–H and O–H groups in total. The average Bonchev–Trinajstić information content (AvgIpc) is 2.51. The zero-order chi connectivity index (χ0) is 8.67. The van der Waals surface area contributed by atoms with E-state index in [0.29, 0.717) is 7.92 Å². The fourth-order valence-corrected chi connectivity index (χ4v) is 5.93. The molecule has 0 spiro atoms. The van der Waals surface area contributed by atoms with Gasteiger partial charge in [-0.2, -0.15) is 0 Å². The van der Waals surface area contributed by atoms with Gasteiger partial charge in [0, 0.05) is 27.3 Å². The topological polar surface area (TPSA) is 12.1 Å². The molecule has 0 aromatic carbocycles. The molecule has 0 aromatic rings. The molecule has 2 atom stereocenters. The maximum atomic E-state index is 2.73. The van der Waals surface area contributed by atoms with Crippen molar-refractivity contribution < 1.29 is 34.6 Å². The molecule has 3 saturated heterocycles. The first-order valence-electron chi connectivity index (χ1n) is 5.52. The number of hydrogen-bond acceptors (Lipinski definition) is 1. The Morgan fingerprint density at radius 3 is 1.87 bits per heavy atom. The lowest BCUT2D eigenvalue weighted by atomic mass is 10.5. The van der Waals surface area contributed by atoms with Crippen molar-refractivity contribution in [1.29, 1.82) is 0 Å². The molecule has 3 heterocycles. The minimum Gasteiger partial charge on any atom is -1.00 e. The predicted molar refractivity (Wildman–Crippen MR) is 54.5 cm³/mol. The quantitative estimate of drug-likeness (QED) is 0.417. The number of halogens is 2. The first kappa shape index (κ1) is 14.0. The second kappa shape index (κ2) is 6.00. The van der Waals surface area contributed by atoms with Crippen LogP contribution in [0.3, 0.4) is 0 Å². The van der Waals surface area contributed by atoms with E-state index in [0.717, 1.165) is 0 Å². The van der Waals surface area contributed by atoms with Crippen molar-refractivity contribution in [3.05, 3.63) is 0 Å². The molecule has 0 amide bonds. The zero-order valence-electron chi connectivity index (χ0n) is 9.01. The second-order valence-electron chi connectivity index (χ2n) is 4.75. The monoisotopic (exact) mass is 271 g/mol. The van der Waals surface area contributed by atoms with Gasteiger partial charge >= 0.3 is 0 Å². The first-order valence-corrected chi connectivity index (χ1v) is 7.42. The smallest absolute Gasteiger partial charge is 0.127 e. The van der Waals surface area contributed by atoms with E-state index in [4.69, 9.17) is 0 Å². The van der Waals surface area contributed by atoms with Crippen molar-refractivity contribution in [2.24, 2.45) is 0 Å². The van der Waals surface area contributed by atoms with Crippen LogP contribution in [0.2, 0.25) is 0 Å². The molecule has 3 aliphatic heterocycles. The summed E-state index contributed by atoms with van der Waals surface area (Å²) in [6.45, 7) is 8.49. The Morgan fingerprint density at radius 2 is 1.33 bits per heavy atom. The van der Waals surface area contributed by atoms with Crippen molar-refractivity contribution in [3.8, 4) is 0 Å². The zero-order valence-corrected chi connectivity index (χ0v) is 11.4. The maximum absolute atomic E-state index is 2.73. The van der Waals surface area contributed by atoms with Crippen LogP contribution in [0.5, 0.6) is 0 Å². The van der Waals surface area contributed by atoms with Crippen molar-refractivity contribution in [1.82, 2.24) is 4.90 Å². The van der Waals surface area contributed by atoms with Crippen LogP contribution < -0.4 is 34.6 Å². The summed E-state index contributed by atoms with van der Waals surface area (Å²) in [7, 11) is 0.360. The summed E-state index contributed by atoms with van der Waals surface area (Å²) in [6.07, 6.45) is 4.51. The molecule has 3 fully saturated rings. The van der Waals surface area contributed by atoms with E-state index in [2.05, 4.69) is 4.90 Å². The van der Waals surface area contributed by atoms with Crippen LogP contribution >= 0.6 is 7.92 Å². The van der Waals surface area contributed by atoms with Gasteiger partial charge < -0.3 is 34.6 Å². The number of rotatable bonds is 0. The van der Waals surface area contributed by atoms with Crippen LogP contribution in [-0.4, -0.2) is 63.0 Å². The highest BCUT2D eigenvalue weighted by atomic mass is 35.5. The Morgan fingerprint density at radius 1 is 0.800 bits per heavy atom. The molecule has 0 saturated carbocycles. The fraction of sp³-hybridized carbons (Fsp3) is 1.00. The van der Waals surface area contributed by atoms with Gasteiger partial charge in [0.15, 0.2) is 0 Å². The van der Waals surface area contributed by atoms with Gasteiger partial charge in [0.2, 0.25) is 0 Å². The van der Waals surface area contributed by atoms with E-state index < -0.39 is 0 Å². The van der Waals surface area contributed by atoms with Crippen LogP contribution in [0.15, 0.2) is 0 Å². The number of nitrogens with zero attached hydrogens (tertiary/aromatic N) is 1. The molecule has 6 heteroatoms. The third kappa shape index (κ3) is 3.18. The van der Waals surface area contributed by atoms with E-state index >= 15 is 0 Å². The van der Waals surface area contributed by atoms with Crippen molar-refractivity contribution in [2.45, 2.75) is 0 Å². The van der Waals surface area contributed by atoms with Crippen LogP contribution in [0.4, 0.5) is 0 Å². The Labute approximate surface area is 106 Å². The Balaban J connectivity index is 0.000000562.